The van der Waals surface area contributed by atoms with Gasteiger partial charge in [0.15, 0.2) is 23.0 Å². The van der Waals surface area contributed by atoms with Crippen LogP contribution < -0.4 is 21.1 Å². The zero-order valence-electron chi connectivity index (χ0n) is 21.8. The summed E-state index contributed by atoms with van der Waals surface area (Å²) in [6, 6.07) is 3.14. The first-order valence-corrected chi connectivity index (χ1v) is 12.5. The molecule has 1 aliphatic rings. The number of ether oxygens (including phenoxy) is 1. The number of halogens is 4. The number of nitrogens with two attached hydrogens (primary N) is 2. The highest BCUT2D eigenvalue weighted by atomic mass is 19.3. The number of nitrogens with zero attached hydrogens (tertiary/aromatic N) is 6. The van der Waals surface area contributed by atoms with Gasteiger partial charge in [-0.25, -0.2) is 32.5 Å². The number of imidazole rings is 1. The van der Waals surface area contributed by atoms with Crippen LogP contribution in [-0.2, 0) is 11.3 Å². The highest BCUT2D eigenvalue weighted by Crippen LogP contribution is 2.35. The number of alkyl halides is 2. The van der Waals surface area contributed by atoms with E-state index in [1.54, 1.807) is 9.47 Å². The van der Waals surface area contributed by atoms with Crippen molar-refractivity contribution in [3.05, 3.63) is 54.2 Å². The monoisotopic (exact) mass is 574 g/mol. The third kappa shape index (κ3) is 5.50. The number of anilines is 2. The predicted molar refractivity (Wildman–Crippen MR) is 140 cm³/mol. The zero-order chi connectivity index (χ0) is 29.5. The molecule has 15 heteroatoms. The van der Waals surface area contributed by atoms with Crippen molar-refractivity contribution in [2.75, 3.05) is 23.7 Å². The van der Waals surface area contributed by atoms with Crippen molar-refractivity contribution in [2.45, 2.75) is 44.4 Å². The molecule has 41 heavy (non-hydrogen) atoms. The number of benzene rings is 1. The van der Waals surface area contributed by atoms with E-state index in [0.717, 1.165) is 19.1 Å². The fraction of sp³-hybridized carbons (Fsp3) is 0.346. The van der Waals surface area contributed by atoms with E-state index in [0.29, 0.717) is 35.4 Å². The fourth-order valence-corrected chi connectivity index (χ4v) is 5.01. The standard InChI is InChI=1S/C26H26F4N8O3/c1-13(39)41-20-7-16(27)15(6-17(20)28)18-5-14(9-38-12-36-21-24(31)34-11-35-25(21)38)19(8-33-18)37-4-2-3-26(32,10-37)22(40)23(29)30/h5-8,11-12,22-23,40H,2-4,9-10,32H2,1H3,(H2,31,34,35)/t22-,26+/m1/s1. The summed E-state index contributed by atoms with van der Waals surface area (Å²) in [5, 5.41) is 10.2. The molecule has 1 aliphatic heterocycles. The van der Waals surface area contributed by atoms with Gasteiger partial charge < -0.3 is 30.8 Å². The van der Waals surface area contributed by atoms with Crippen LogP contribution in [0.25, 0.3) is 22.4 Å². The van der Waals surface area contributed by atoms with Gasteiger partial charge in [-0.2, -0.15) is 0 Å². The summed E-state index contributed by atoms with van der Waals surface area (Å²) in [6.07, 6.45) is -0.325. The number of aromatic nitrogens is 5. The smallest absolute Gasteiger partial charge is 0.308 e. The van der Waals surface area contributed by atoms with Crippen LogP contribution in [0.5, 0.6) is 5.75 Å². The van der Waals surface area contributed by atoms with Crippen LogP contribution >= 0.6 is 0 Å². The lowest BCUT2D eigenvalue weighted by Crippen LogP contribution is -2.63. The lowest BCUT2D eigenvalue weighted by atomic mass is 9.84. The van der Waals surface area contributed by atoms with E-state index >= 15 is 4.39 Å². The van der Waals surface area contributed by atoms with E-state index in [2.05, 4.69) is 19.9 Å². The summed E-state index contributed by atoms with van der Waals surface area (Å²) in [4.78, 5) is 29.7. The summed E-state index contributed by atoms with van der Waals surface area (Å²) in [6.45, 7) is 1.47. The van der Waals surface area contributed by atoms with E-state index in [4.69, 9.17) is 16.2 Å². The average molecular weight is 575 g/mol. The molecule has 0 radical (unpaired) electrons. The lowest BCUT2D eigenvalue weighted by molar-refractivity contribution is -0.132. The molecule has 2 atom stereocenters. The van der Waals surface area contributed by atoms with Gasteiger partial charge in [0.1, 0.15) is 23.8 Å². The maximum Gasteiger partial charge on any atom is 0.308 e. The van der Waals surface area contributed by atoms with Gasteiger partial charge in [-0.15, -0.1) is 0 Å². The van der Waals surface area contributed by atoms with E-state index in [1.807, 2.05) is 0 Å². The Bertz CT molecular complexity index is 1620. The van der Waals surface area contributed by atoms with Gasteiger partial charge in [-0.1, -0.05) is 0 Å². The maximum atomic E-state index is 15.1. The first-order valence-electron chi connectivity index (χ1n) is 12.5. The van der Waals surface area contributed by atoms with E-state index in [1.165, 1.54) is 24.9 Å². The Kier molecular flexibility index (Phi) is 7.48. The second kappa shape index (κ2) is 10.9. The van der Waals surface area contributed by atoms with Crippen molar-refractivity contribution in [3.63, 3.8) is 0 Å². The highest BCUT2D eigenvalue weighted by molar-refractivity contribution is 5.81. The van der Waals surface area contributed by atoms with Gasteiger partial charge in [-0.05, 0) is 30.5 Å². The van der Waals surface area contributed by atoms with Crippen molar-refractivity contribution in [1.82, 2.24) is 24.5 Å². The van der Waals surface area contributed by atoms with Gasteiger partial charge in [0.2, 0.25) is 0 Å². The minimum atomic E-state index is -3.03. The molecule has 216 valence electrons. The average Bonchev–Trinajstić information content (AvgIpc) is 3.33. The minimum absolute atomic E-state index is 0.0525. The third-order valence-electron chi connectivity index (χ3n) is 7.01. The molecule has 5 rings (SSSR count). The zero-order valence-corrected chi connectivity index (χ0v) is 21.8. The number of nitrogen functional groups attached to an aromatic ring is 1. The molecule has 4 aromatic rings. The summed E-state index contributed by atoms with van der Waals surface area (Å²) < 4.78 is 63.0. The number of aliphatic hydroxyl groups is 1. The van der Waals surface area contributed by atoms with Crippen molar-refractivity contribution >= 4 is 28.6 Å². The second-order valence-electron chi connectivity index (χ2n) is 9.90. The van der Waals surface area contributed by atoms with Crippen molar-refractivity contribution < 1.29 is 32.2 Å². The first-order chi connectivity index (χ1) is 19.5. The molecule has 1 aromatic carbocycles. The molecule has 0 bridgehead atoms. The van der Waals surface area contributed by atoms with Crippen molar-refractivity contribution in [3.8, 4) is 17.0 Å². The predicted octanol–water partition coefficient (Wildman–Crippen LogP) is 2.65. The molecular formula is C26H26F4N8O3. The first kappa shape index (κ1) is 28.2. The molecule has 0 amide bonds. The van der Waals surface area contributed by atoms with E-state index < -0.39 is 41.4 Å². The SMILES string of the molecule is CC(=O)Oc1cc(F)c(-c2cc(Cn3cnc4c(N)ncnc43)c(N3CCC[C@@](N)([C@H](O)C(F)F)C3)cn2)cc1F. The molecule has 4 heterocycles. The summed E-state index contributed by atoms with van der Waals surface area (Å²) in [5.74, 6) is -3.07. The highest BCUT2D eigenvalue weighted by Gasteiger charge is 2.43. The number of hydrogen-bond donors (Lipinski definition) is 3. The Morgan fingerprint density at radius 2 is 1.95 bits per heavy atom. The van der Waals surface area contributed by atoms with Crippen LogP contribution in [0.1, 0.15) is 25.3 Å². The number of aliphatic hydroxyl groups excluding tert-OH is 1. The van der Waals surface area contributed by atoms with Gasteiger partial charge in [0.25, 0.3) is 6.43 Å². The van der Waals surface area contributed by atoms with Gasteiger partial charge in [-0.3, -0.25) is 9.78 Å². The number of esters is 1. The molecule has 0 spiro atoms. The summed E-state index contributed by atoms with van der Waals surface area (Å²) in [7, 11) is 0. The third-order valence-corrected chi connectivity index (χ3v) is 7.01. The van der Waals surface area contributed by atoms with Crippen LogP contribution in [0.4, 0.5) is 29.1 Å². The summed E-state index contributed by atoms with van der Waals surface area (Å²) in [5.41, 5.74) is 12.2. The Morgan fingerprint density at radius 3 is 2.68 bits per heavy atom. The molecule has 0 aliphatic carbocycles. The number of piperidine rings is 1. The van der Waals surface area contributed by atoms with Crippen LogP contribution in [-0.4, -0.2) is 66.7 Å². The Hall–Kier alpha value is -4.37. The molecule has 11 nitrogen and oxygen atoms in total. The molecular weight excluding hydrogens is 548 g/mol. The number of carbonyl (C=O) groups is 1. The van der Waals surface area contributed by atoms with Gasteiger partial charge in [0, 0.05) is 31.6 Å². The van der Waals surface area contributed by atoms with E-state index in [9.17, 15) is 23.1 Å². The topological polar surface area (TPSA) is 158 Å². The molecule has 5 N–H and O–H groups in total. The molecule has 1 fully saturated rings. The van der Waals surface area contributed by atoms with Crippen molar-refractivity contribution in [1.29, 1.82) is 0 Å². The molecule has 1 saturated heterocycles. The quantitative estimate of drug-likeness (QED) is 0.170. The number of pyridine rings is 1. The second-order valence-corrected chi connectivity index (χ2v) is 9.90. The lowest BCUT2D eigenvalue weighted by Gasteiger charge is -2.44. The van der Waals surface area contributed by atoms with Crippen LogP contribution in [0.15, 0.2) is 37.1 Å². The normalized spacial score (nSPS) is 18.2. The van der Waals surface area contributed by atoms with E-state index in [-0.39, 0.29) is 36.6 Å². The summed E-state index contributed by atoms with van der Waals surface area (Å²) >= 11 is 0. The largest absolute Gasteiger partial charge is 0.423 e. The Balaban J connectivity index is 1.59. The molecule has 3 aromatic heterocycles. The van der Waals surface area contributed by atoms with Gasteiger partial charge in [0.05, 0.1) is 36.0 Å². The van der Waals surface area contributed by atoms with Crippen LogP contribution in [0.2, 0.25) is 0 Å². The number of hydrogen-bond acceptors (Lipinski definition) is 10. The van der Waals surface area contributed by atoms with Crippen LogP contribution in [0, 0.1) is 11.6 Å². The van der Waals surface area contributed by atoms with Gasteiger partial charge >= 0.3 is 5.97 Å². The maximum absolute atomic E-state index is 15.1. The molecule has 0 saturated carbocycles. The molecule has 0 unspecified atom stereocenters. The number of fused-ring (bicyclic) bond motifs is 1. The van der Waals surface area contributed by atoms with Crippen LogP contribution in [0.3, 0.4) is 0 Å². The minimum Gasteiger partial charge on any atom is -0.423 e. The van der Waals surface area contributed by atoms with Crippen molar-refractivity contribution in [2.24, 2.45) is 5.73 Å². The Labute approximate surface area is 230 Å². The fourth-order valence-electron chi connectivity index (χ4n) is 5.01. The Morgan fingerprint density at radius 1 is 1.17 bits per heavy atom. The number of rotatable bonds is 7. The number of carbonyl (C=O) groups excluding carboxylic acids is 1.